The Morgan fingerprint density at radius 1 is 1.53 bits per heavy atom. The molecule has 0 spiro atoms. The maximum Gasteiger partial charge on any atom is 0.165 e. The van der Waals surface area contributed by atoms with Crippen LogP contribution in [-0.4, -0.2) is 11.2 Å². The van der Waals surface area contributed by atoms with E-state index in [9.17, 15) is 9.50 Å². The Morgan fingerprint density at radius 3 is 2.87 bits per heavy atom. The molecule has 1 aromatic rings. The first-order valence-electron chi connectivity index (χ1n) is 4.97. The molecule has 15 heavy (non-hydrogen) atoms. The Morgan fingerprint density at radius 2 is 2.27 bits per heavy atom. The van der Waals surface area contributed by atoms with Gasteiger partial charge in [0, 0.05) is 10.0 Å². The van der Waals surface area contributed by atoms with Crippen molar-refractivity contribution in [1.29, 1.82) is 0 Å². The van der Waals surface area contributed by atoms with E-state index in [0.717, 1.165) is 12.8 Å². The summed E-state index contributed by atoms with van der Waals surface area (Å²) in [5, 5.41) is 9.96. The lowest BCUT2D eigenvalue weighted by molar-refractivity contribution is 0.0601. The third kappa shape index (κ3) is 1.76. The number of halogens is 2. The third-order valence-corrected chi connectivity index (χ3v) is 3.28. The second-order valence-corrected chi connectivity index (χ2v) is 4.52. The minimum Gasteiger partial charge on any atom is -0.484 e. The van der Waals surface area contributed by atoms with Crippen molar-refractivity contribution >= 4 is 15.9 Å². The first kappa shape index (κ1) is 10.9. The van der Waals surface area contributed by atoms with E-state index in [0.29, 0.717) is 10.0 Å². The first-order valence-corrected chi connectivity index (χ1v) is 5.77. The Bertz CT molecular complexity index is 381. The smallest absolute Gasteiger partial charge is 0.165 e. The van der Waals surface area contributed by atoms with Crippen LogP contribution >= 0.6 is 15.9 Å². The van der Waals surface area contributed by atoms with Crippen LogP contribution in [0.4, 0.5) is 4.39 Å². The summed E-state index contributed by atoms with van der Waals surface area (Å²) in [6, 6.07) is 2.93. The van der Waals surface area contributed by atoms with E-state index in [-0.39, 0.29) is 11.9 Å². The predicted molar refractivity (Wildman–Crippen MR) is 58.4 cm³/mol. The van der Waals surface area contributed by atoms with E-state index in [4.69, 9.17) is 4.74 Å². The van der Waals surface area contributed by atoms with E-state index < -0.39 is 11.9 Å². The van der Waals surface area contributed by atoms with Gasteiger partial charge in [-0.3, -0.25) is 0 Å². The molecule has 0 fully saturated rings. The normalized spacial score (nSPS) is 23.7. The predicted octanol–water partition coefficient (Wildman–Crippen LogP) is 3.18. The van der Waals surface area contributed by atoms with Crippen molar-refractivity contribution in [3.05, 3.63) is 28.0 Å². The molecule has 0 aliphatic carbocycles. The van der Waals surface area contributed by atoms with E-state index in [2.05, 4.69) is 15.9 Å². The average Bonchev–Trinajstić information content (AvgIpc) is 2.53. The number of hydrogen-bond donors (Lipinski definition) is 1. The van der Waals surface area contributed by atoms with Gasteiger partial charge in [0.25, 0.3) is 0 Å². The lowest BCUT2D eigenvalue weighted by atomic mass is 10.0. The summed E-state index contributed by atoms with van der Waals surface area (Å²) in [6.45, 7) is 2.00. The quantitative estimate of drug-likeness (QED) is 0.898. The molecule has 2 nitrogen and oxygen atoms in total. The highest BCUT2D eigenvalue weighted by atomic mass is 79.9. The molecule has 0 amide bonds. The van der Waals surface area contributed by atoms with Gasteiger partial charge >= 0.3 is 0 Å². The molecule has 0 radical (unpaired) electrons. The SMILES string of the molecule is CCCC1Oc2c(F)ccc(Br)c2C1O. The summed E-state index contributed by atoms with van der Waals surface area (Å²) in [4.78, 5) is 0. The fourth-order valence-corrected chi connectivity index (χ4v) is 2.39. The molecule has 82 valence electrons. The molecule has 4 heteroatoms. The van der Waals surface area contributed by atoms with Crippen LogP contribution in [-0.2, 0) is 0 Å². The number of ether oxygens (including phenoxy) is 1. The maximum atomic E-state index is 13.4. The zero-order chi connectivity index (χ0) is 11.0. The minimum atomic E-state index is -0.731. The molecular weight excluding hydrogens is 263 g/mol. The van der Waals surface area contributed by atoms with Gasteiger partial charge in [-0.05, 0) is 18.6 Å². The van der Waals surface area contributed by atoms with Crippen LogP contribution in [0.5, 0.6) is 5.75 Å². The van der Waals surface area contributed by atoms with Crippen molar-refractivity contribution in [2.24, 2.45) is 0 Å². The van der Waals surface area contributed by atoms with Crippen molar-refractivity contribution in [3.63, 3.8) is 0 Å². The average molecular weight is 275 g/mol. The van der Waals surface area contributed by atoms with E-state index >= 15 is 0 Å². The van der Waals surface area contributed by atoms with Crippen LogP contribution in [0.2, 0.25) is 0 Å². The van der Waals surface area contributed by atoms with Crippen LogP contribution in [0.1, 0.15) is 31.4 Å². The van der Waals surface area contributed by atoms with Crippen molar-refractivity contribution in [2.75, 3.05) is 0 Å². The Labute approximate surface area is 96.2 Å². The summed E-state index contributed by atoms with van der Waals surface area (Å²) in [7, 11) is 0. The molecule has 2 unspecified atom stereocenters. The molecule has 1 aliphatic heterocycles. The zero-order valence-corrected chi connectivity index (χ0v) is 9.92. The summed E-state index contributed by atoms with van der Waals surface area (Å²) in [5.74, 6) is -0.221. The highest BCUT2D eigenvalue weighted by molar-refractivity contribution is 9.10. The van der Waals surface area contributed by atoms with Crippen molar-refractivity contribution in [1.82, 2.24) is 0 Å². The van der Waals surface area contributed by atoms with Crippen LogP contribution in [0.3, 0.4) is 0 Å². The van der Waals surface area contributed by atoms with Crippen molar-refractivity contribution < 1.29 is 14.2 Å². The van der Waals surface area contributed by atoms with Crippen molar-refractivity contribution in [3.8, 4) is 5.75 Å². The van der Waals surface area contributed by atoms with Gasteiger partial charge in [0.05, 0.1) is 0 Å². The molecule has 1 aliphatic rings. The van der Waals surface area contributed by atoms with Crippen LogP contribution in [0, 0.1) is 5.82 Å². The van der Waals surface area contributed by atoms with E-state index in [1.54, 1.807) is 6.07 Å². The maximum absolute atomic E-state index is 13.4. The molecule has 0 saturated carbocycles. The number of rotatable bonds is 2. The largest absolute Gasteiger partial charge is 0.484 e. The van der Waals surface area contributed by atoms with Gasteiger partial charge in [-0.1, -0.05) is 29.3 Å². The molecule has 1 N–H and O–H groups in total. The molecular formula is C11H12BrFO2. The molecule has 0 saturated heterocycles. The number of aliphatic hydroxyl groups excluding tert-OH is 1. The summed E-state index contributed by atoms with van der Waals surface area (Å²) < 4.78 is 19.5. The third-order valence-electron chi connectivity index (χ3n) is 2.59. The fourth-order valence-electron chi connectivity index (χ4n) is 1.85. The topological polar surface area (TPSA) is 29.5 Å². The van der Waals surface area contributed by atoms with Gasteiger partial charge in [-0.2, -0.15) is 0 Å². The van der Waals surface area contributed by atoms with Gasteiger partial charge in [0.1, 0.15) is 12.2 Å². The van der Waals surface area contributed by atoms with Gasteiger partial charge in [0.2, 0.25) is 0 Å². The second kappa shape index (κ2) is 4.10. The standard InChI is InChI=1S/C11H12BrFO2/c1-2-3-8-10(14)9-6(12)4-5-7(13)11(9)15-8/h4-5,8,10,14H,2-3H2,1H3. The Hall–Kier alpha value is -0.610. The zero-order valence-electron chi connectivity index (χ0n) is 8.34. The highest BCUT2D eigenvalue weighted by Crippen LogP contribution is 2.43. The molecule has 0 bridgehead atoms. The summed E-state index contributed by atoms with van der Waals surface area (Å²) >= 11 is 3.29. The molecule has 1 heterocycles. The number of aliphatic hydroxyl groups is 1. The van der Waals surface area contributed by atoms with Gasteiger partial charge in [-0.25, -0.2) is 4.39 Å². The van der Waals surface area contributed by atoms with E-state index in [1.165, 1.54) is 6.07 Å². The molecule has 2 rings (SSSR count). The van der Waals surface area contributed by atoms with Crippen LogP contribution in [0.15, 0.2) is 16.6 Å². The van der Waals surface area contributed by atoms with Gasteiger partial charge in [-0.15, -0.1) is 0 Å². The first-order chi connectivity index (χ1) is 7.15. The lowest BCUT2D eigenvalue weighted by Gasteiger charge is -2.12. The summed E-state index contributed by atoms with van der Waals surface area (Å²) in [5.41, 5.74) is 0.536. The second-order valence-electron chi connectivity index (χ2n) is 3.66. The Kier molecular flexibility index (Phi) is 2.98. The number of hydrogen-bond acceptors (Lipinski definition) is 2. The van der Waals surface area contributed by atoms with Gasteiger partial charge in [0.15, 0.2) is 11.6 Å². The fraction of sp³-hybridized carbons (Fsp3) is 0.455. The van der Waals surface area contributed by atoms with Gasteiger partial charge < -0.3 is 9.84 Å². The Balaban J connectivity index is 2.40. The van der Waals surface area contributed by atoms with Crippen LogP contribution < -0.4 is 4.74 Å². The van der Waals surface area contributed by atoms with Crippen LogP contribution in [0.25, 0.3) is 0 Å². The number of benzene rings is 1. The van der Waals surface area contributed by atoms with Crippen molar-refractivity contribution in [2.45, 2.75) is 32.0 Å². The number of fused-ring (bicyclic) bond motifs is 1. The monoisotopic (exact) mass is 274 g/mol. The lowest BCUT2D eigenvalue weighted by Crippen LogP contribution is -2.17. The summed E-state index contributed by atoms with van der Waals surface area (Å²) in [6.07, 6.45) is 0.569. The molecule has 2 atom stereocenters. The minimum absolute atomic E-state index is 0.190. The molecule has 0 aromatic heterocycles. The molecule has 1 aromatic carbocycles. The van der Waals surface area contributed by atoms with E-state index in [1.807, 2.05) is 6.92 Å². The highest BCUT2D eigenvalue weighted by Gasteiger charge is 2.35.